The Balaban J connectivity index is 2.02. The van der Waals surface area contributed by atoms with Crippen LogP contribution in [0.5, 0.6) is 5.75 Å². The highest BCUT2D eigenvalue weighted by molar-refractivity contribution is 5.94. The SMILES string of the molecule is COc1cccc(CNC(=O)c2ccc(N)c(C)c2)c1. The minimum absolute atomic E-state index is 0.115. The fraction of sp³-hybridized carbons (Fsp3) is 0.188. The average Bonchev–Trinajstić information content (AvgIpc) is 2.47. The van der Waals surface area contributed by atoms with Crippen molar-refractivity contribution in [3.8, 4) is 5.75 Å². The molecule has 20 heavy (non-hydrogen) atoms. The third-order valence-electron chi connectivity index (χ3n) is 3.12. The molecule has 2 rings (SSSR count). The highest BCUT2D eigenvalue weighted by Gasteiger charge is 2.06. The van der Waals surface area contributed by atoms with E-state index in [1.165, 1.54) is 0 Å². The number of amides is 1. The molecule has 4 heteroatoms. The second-order valence-electron chi connectivity index (χ2n) is 4.61. The van der Waals surface area contributed by atoms with Crippen molar-refractivity contribution in [2.45, 2.75) is 13.5 Å². The number of carbonyl (C=O) groups is 1. The lowest BCUT2D eigenvalue weighted by Crippen LogP contribution is -2.22. The van der Waals surface area contributed by atoms with Gasteiger partial charge < -0.3 is 15.8 Å². The zero-order valence-electron chi connectivity index (χ0n) is 11.6. The Labute approximate surface area is 118 Å². The highest BCUT2D eigenvalue weighted by atomic mass is 16.5. The van der Waals surface area contributed by atoms with Crippen molar-refractivity contribution in [3.05, 3.63) is 59.2 Å². The Kier molecular flexibility index (Phi) is 4.25. The molecule has 0 atom stereocenters. The van der Waals surface area contributed by atoms with Crippen LogP contribution in [0.15, 0.2) is 42.5 Å². The van der Waals surface area contributed by atoms with E-state index >= 15 is 0 Å². The molecule has 0 saturated heterocycles. The van der Waals surface area contributed by atoms with E-state index in [-0.39, 0.29) is 5.91 Å². The molecule has 4 nitrogen and oxygen atoms in total. The van der Waals surface area contributed by atoms with Crippen LogP contribution in [0.2, 0.25) is 0 Å². The fourth-order valence-electron chi connectivity index (χ4n) is 1.88. The van der Waals surface area contributed by atoms with Crippen molar-refractivity contribution in [3.63, 3.8) is 0 Å². The van der Waals surface area contributed by atoms with Gasteiger partial charge in [-0.05, 0) is 48.4 Å². The van der Waals surface area contributed by atoms with E-state index in [0.717, 1.165) is 16.9 Å². The average molecular weight is 270 g/mol. The lowest BCUT2D eigenvalue weighted by Gasteiger charge is -2.08. The Morgan fingerprint density at radius 2 is 2.05 bits per heavy atom. The minimum atomic E-state index is -0.115. The maximum atomic E-state index is 12.1. The summed E-state index contributed by atoms with van der Waals surface area (Å²) in [6.07, 6.45) is 0. The fourth-order valence-corrected chi connectivity index (χ4v) is 1.88. The summed E-state index contributed by atoms with van der Waals surface area (Å²) in [6, 6.07) is 12.9. The summed E-state index contributed by atoms with van der Waals surface area (Å²) in [7, 11) is 1.62. The Hall–Kier alpha value is -2.49. The quantitative estimate of drug-likeness (QED) is 0.839. The van der Waals surface area contributed by atoms with Gasteiger partial charge in [-0.15, -0.1) is 0 Å². The molecule has 0 unspecified atom stereocenters. The maximum absolute atomic E-state index is 12.1. The van der Waals surface area contributed by atoms with Crippen LogP contribution >= 0.6 is 0 Å². The van der Waals surface area contributed by atoms with Gasteiger partial charge in [0.25, 0.3) is 5.91 Å². The van der Waals surface area contributed by atoms with Crippen molar-refractivity contribution >= 4 is 11.6 Å². The number of aryl methyl sites for hydroxylation is 1. The Morgan fingerprint density at radius 3 is 2.75 bits per heavy atom. The van der Waals surface area contributed by atoms with E-state index in [2.05, 4.69) is 5.32 Å². The molecule has 104 valence electrons. The molecule has 0 aliphatic carbocycles. The number of hydrogen-bond donors (Lipinski definition) is 2. The second-order valence-corrected chi connectivity index (χ2v) is 4.61. The van der Waals surface area contributed by atoms with Gasteiger partial charge in [0.2, 0.25) is 0 Å². The van der Waals surface area contributed by atoms with E-state index in [9.17, 15) is 4.79 Å². The van der Waals surface area contributed by atoms with Gasteiger partial charge in [0.15, 0.2) is 0 Å². The first kappa shape index (κ1) is 13.9. The molecule has 0 bridgehead atoms. The van der Waals surface area contributed by atoms with E-state index in [4.69, 9.17) is 10.5 Å². The van der Waals surface area contributed by atoms with Gasteiger partial charge >= 0.3 is 0 Å². The predicted octanol–water partition coefficient (Wildman–Crippen LogP) is 2.52. The molecule has 0 heterocycles. The first-order valence-corrected chi connectivity index (χ1v) is 6.37. The van der Waals surface area contributed by atoms with Gasteiger partial charge in [0.05, 0.1) is 7.11 Å². The molecule has 2 aromatic rings. The summed E-state index contributed by atoms with van der Waals surface area (Å²) in [5.74, 6) is 0.663. The van der Waals surface area contributed by atoms with Crippen LogP contribution in [0.4, 0.5) is 5.69 Å². The summed E-state index contributed by atoms with van der Waals surface area (Å²) in [5, 5.41) is 2.88. The number of nitrogens with one attached hydrogen (secondary N) is 1. The van der Waals surface area contributed by atoms with Gasteiger partial charge in [0.1, 0.15) is 5.75 Å². The number of nitrogens with two attached hydrogens (primary N) is 1. The number of carbonyl (C=O) groups excluding carboxylic acids is 1. The number of benzene rings is 2. The van der Waals surface area contributed by atoms with Crippen molar-refractivity contribution in [1.82, 2.24) is 5.32 Å². The summed E-state index contributed by atoms with van der Waals surface area (Å²) in [5.41, 5.74) is 8.93. The minimum Gasteiger partial charge on any atom is -0.497 e. The van der Waals surface area contributed by atoms with E-state index < -0.39 is 0 Å². The number of anilines is 1. The van der Waals surface area contributed by atoms with Gasteiger partial charge in [-0.3, -0.25) is 4.79 Å². The molecular formula is C16H18N2O2. The van der Waals surface area contributed by atoms with Crippen LogP contribution in [0.25, 0.3) is 0 Å². The number of methoxy groups -OCH3 is 1. The van der Waals surface area contributed by atoms with Crippen LogP contribution in [-0.2, 0) is 6.54 Å². The maximum Gasteiger partial charge on any atom is 0.251 e. The van der Waals surface area contributed by atoms with Gasteiger partial charge in [-0.25, -0.2) is 0 Å². The van der Waals surface area contributed by atoms with Crippen molar-refractivity contribution in [2.75, 3.05) is 12.8 Å². The topological polar surface area (TPSA) is 64.3 Å². The van der Waals surface area contributed by atoms with Crippen LogP contribution < -0.4 is 15.8 Å². The molecule has 0 fully saturated rings. The van der Waals surface area contributed by atoms with Crippen LogP contribution in [0.1, 0.15) is 21.5 Å². The van der Waals surface area contributed by atoms with Crippen LogP contribution in [0.3, 0.4) is 0 Å². The third kappa shape index (κ3) is 3.29. The van der Waals surface area contributed by atoms with Gasteiger partial charge in [-0.2, -0.15) is 0 Å². The normalized spacial score (nSPS) is 10.1. The van der Waals surface area contributed by atoms with E-state index in [1.54, 1.807) is 25.3 Å². The van der Waals surface area contributed by atoms with Crippen LogP contribution in [0, 0.1) is 6.92 Å². The molecule has 2 aromatic carbocycles. The van der Waals surface area contributed by atoms with Gasteiger partial charge in [0, 0.05) is 17.8 Å². The first-order valence-electron chi connectivity index (χ1n) is 6.37. The number of ether oxygens (including phenoxy) is 1. The molecule has 0 aliphatic rings. The zero-order chi connectivity index (χ0) is 14.5. The number of rotatable bonds is 4. The van der Waals surface area contributed by atoms with E-state index in [0.29, 0.717) is 17.8 Å². The summed E-state index contributed by atoms with van der Waals surface area (Å²) < 4.78 is 5.15. The molecule has 3 N–H and O–H groups in total. The number of nitrogen functional groups attached to an aromatic ring is 1. The summed E-state index contributed by atoms with van der Waals surface area (Å²) in [4.78, 5) is 12.1. The van der Waals surface area contributed by atoms with Crippen molar-refractivity contribution in [1.29, 1.82) is 0 Å². The monoisotopic (exact) mass is 270 g/mol. The summed E-state index contributed by atoms with van der Waals surface area (Å²) >= 11 is 0. The molecule has 1 amide bonds. The molecule has 0 spiro atoms. The lowest BCUT2D eigenvalue weighted by molar-refractivity contribution is 0.0951. The molecule has 0 saturated carbocycles. The molecule has 0 aromatic heterocycles. The largest absolute Gasteiger partial charge is 0.497 e. The standard InChI is InChI=1S/C16H18N2O2/c1-11-8-13(6-7-15(11)17)16(19)18-10-12-4-3-5-14(9-12)20-2/h3-9H,10,17H2,1-2H3,(H,18,19). The Morgan fingerprint density at radius 1 is 1.25 bits per heavy atom. The third-order valence-corrected chi connectivity index (χ3v) is 3.12. The lowest BCUT2D eigenvalue weighted by atomic mass is 10.1. The summed E-state index contributed by atoms with van der Waals surface area (Å²) in [6.45, 7) is 2.34. The number of hydrogen-bond acceptors (Lipinski definition) is 3. The Bertz CT molecular complexity index is 624. The highest BCUT2D eigenvalue weighted by Crippen LogP contribution is 2.14. The first-order chi connectivity index (χ1) is 9.60. The van der Waals surface area contributed by atoms with Crippen molar-refractivity contribution < 1.29 is 9.53 Å². The van der Waals surface area contributed by atoms with Crippen molar-refractivity contribution in [2.24, 2.45) is 0 Å². The van der Waals surface area contributed by atoms with E-state index in [1.807, 2.05) is 31.2 Å². The predicted molar refractivity (Wildman–Crippen MR) is 79.8 cm³/mol. The zero-order valence-corrected chi connectivity index (χ0v) is 11.6. The van der Waals surface area contributed by atoms with Crippen LogP contribution in [-0.4, -0.2) is 13.0 Å². The molecule has 0 radical (unpaired) electrons. The smallest absolute Gasteiger partial charge is 0.251 e. The second kappa shape index (κ2) is 6.10. The molecule has 0 aliphatic heterocycles. The van der Waals surface area contributed by atoms with Gasteiger partial charge in [-0.1, -0.05) is 12.1 Å². The molecular weight excluding hydrogens is 252 g/mol.